The lowest BCUT2D eigenvalue weighted by Crippen LogP contribution is -2.46. The van der Waals surface area contributed by atoms with Crippen molar-refractivity contribution in [3.63, 3.8) is 0 Å². The van der Waals surface area contributed by atoms with Crippen molar-refractivity contribution >= 4 is 16.8 Å². The Bertz CT molecular complexity index is 946. The Balaban J connectivity index is 1.54. The standard InChI is InChI=1S/C22H24N2O3/c1-2-27-17-9-7-15(8-10-17)11-22(26)24-13-21-19(12-16(24)14-25)18-5-3-4-6-20(18)23-21/h3-10,16,23,25H,2,11-14H2,1H3. The smallest absolute Gasteiger partial charge is 0.227 e. The molecule has 1 aliphatic heterocycles. The topological polar surface area (TPSA) is 65.6 Å². The third-order valence-corrected chi connectivity index (χ3v) is 5.23. The van der Waals surface area contributed by atoms with Gasteiger partial charge in [-0.1, -0.05) is 30.3 Å². The second-order valence-electron chi connectivity index (χ2n) is 6.94. The fraction of sp³-hybridized carbons (Fsp3) is 0.318. The van der Waals surface area contributed by atoms with Crippen LogP contribution < -0.4 is 4.74 Å². The molecular formula is C22H24N2O3. The number of aromatic amines is 1. The summed E-state index contributed by atoms with van der Waals surface area (Å²) in [6.45, 7) is 3.04. The van der Waals surface area contributed by atoms with Gasteiger partial charge in [0.1, 0.15) is 5.75 Å². The van der Waals surface area contributed by atoms with E-state index in [1.54, 1.807) is 4.90 Å². The minimum Gasteiger partial charge on any atom is -0.494 e. The molecule has 5 nitrogen and oxygen atoms in total. The van der Waals surface area contributed by atoms with Crippen LogP contribution >= 0.6 is 0 Å². The van der Waals surface area contributed by atoms with Crippen LogP contribution in [0, 0.1) is 0 Å². The molecule has 1 unspecified atom stereocenters. The first kappa shape index (κ1) is 17.6. The number of para-hydroxylation sites is 1. The normalized spacial score (nSPS) is 16.4. The van der Waals surface area contributed by atoms with Gasteiger partial charge in [-0.2, -0.15) is 0 Å². The van der Waals surface area contributed by atoms with Crippen molar-refractivity contribution in [3.05, 3.63) is 65.4 Å². The van der Waals surface area contributed by atoms with Crippen LogP contribution in [0.3, 0.4) is 0 Å². The van der Waals surface area contributed by atoms with Crippen LogP contribution in [0.15, 0.2) is 48.5 Å². The number of aliphatic hydroxyl groups excluding tert-OH is 1. The number of hydrogen-bond acceptors (Lipinski definition) is 3. The van der Waals surface area contributed by atoms with Gasteiger partial charge in [-0.25, -0.2) is 0 Å². The predicted octanol–water partition coefficient (Wildman–Crippen LogP) is 3.05. The molecule has 0 saturated carbocycles. The van der Waals surface area contributed by atoms with E-state index in [4.69, 9.17) is 4.74 Å². The largest absolute Gasteiger partial charge is 0.494 e. The molecule has 1 atom stereocenters. The van der Waals surface area contributed by atoms with Crippen LogP contribution in [0.25, 0.3) is 10.9 Å². The minimum absolute atomic E-state index is 0.0301. The Kier molecular flexibility index (Phi) is 4.86. The number of carbonyl (C=O) groups excluding carboxylic acids is 1. The summed E-state index contributed by atoms with van der Waals surface area (Å²) < 4.78 is 5.45. The Morgan fingerprint density at radius 1 is 1.22 bits per heavy atom. The lowest BCUT2D eigenvalue weighted by Gasteiger charge is -2.35. The van der Waals surface area contributed by atoms with Gasteiger partial charge in [0.15, 0.2) is 0 Å². The van der Waals surface area contributed by atoms with E-state index in [1.165, 1.54) is 10.9 Å². The minimum atomic E-state index is -0.188. The fourth-order valence-corrected chi connectivity index (χ4v) is 3.87. The molecule has 5 heteroatoms. The van der Waals surface area contributed by atoms with Gasteiger partial charge in [0.2, 0.25) is 5.91 Å². The average Bonchev–Trinajstić information content (AvgIpc) is 3.06. The van der Waals surface area contributed by atoms with E-state index in [0.717, 1.165) is 22.5 Å². The number of nitrogens with one attached hydrogen (secondary N) is 1. The van der Waals surface area contributed by atoms with Gasteiger partial charge in [0, 0.05) is 16.6 Å². The molecule has 1 aromatic heterocycles. The molecule has 140 valence electrons. The molecule has 1 aliphatic rings. The summed E-state index contributed by atoms with van der Waals surface area (Å²) >= 11 is 0. The number of ether oxygens (including phenoxy) is 1. The van der Waals surface area contributed by atoms with Crippen molar-refractivity contribution in [2.75, 3.05) is 13.2 Å². The maximum atomic E-state index is 12.9. The van der Waals surface area contributed by atoms with Crippen LogP contribution in [0.5, 0.6) is 5.75 Å². The van der Waals surface area contributed by atoms with Crippen LogP contribution in [0.4, 0.5) is 0 Å². The Morgan fingerprint density at radius 2 is 2.00 bits per heavy atom. The summed E-state index contributed by atoms with van der Waals surface area (Å²) in [4.78, 5) is 18.2. The lowest BCUT2D eigenvalue weighted by atomic mass is 9.96. The molecule has 2 heterocycles. The molecule has 0 saturated heterocycles. The second kappa shape index (κ2) is 7.45. The summed E-state index contributed by atoms with van der Waals surface area (Å²) in [5, 5.41) is 11.1. The van der Waals surface area contributed by atoms with Crippen LogP contribution in [-0.4, -0.2) is 40.2 Å². The Hall–Kier alpha value is -2.79. The molecule has 0 bridgehead atoms. The third kappa shape index (κ3) is 3.43. The molecule has 1 amide bonds. The molecule has 27 heavy (non-hydrogen) atoms. The summed E-state index contributed by atoms with van der Waals surface area (Å²) in [7, 11) is 0. The van der Waals surface area contributed by atoms with Gasteiger partial charge in [-0.05, 0) is 42.7 Å². The van der Waals surface area contributed by atoms with Gasteiger partial charge in [0.05, 0.1) is 32.2 Å². The first-order valence-electron chi connectivity index (χ1n) is 9.40. The number of hydrogen-bond donors (Lipinski definition) is 2. The van der Waals surface area contributed by atoms with Crippen molar-refractivity contribution in [1.29, 1.82) is 0 Å². The monoisotopic (exact) mass is 364 g/mol. The zero-order chi connectivity index (χ0) is 18.8. The van der Waals surface area contributed by atoms with E-state index in [-0.39, 0.29) is 18.6 Å². The zero-order valence-corrected chi connectivity index (χ0v) is 15.4. The molecule has 2 aromatic carbocycles. The van der Waals surface area contributed by atoms with Gasteiger partial charge >= 0.3 is 0 Å². The number of aromatic nitrogens is 1. The highest BCUT2D eigenvalue weighted by Crippen LogP contribution is 2.30. The third-order valence-electron chi connectivity index (χ3n) is 5.23. The summed E-state index contributed by atoms with van der Waals surface area (Å²) in [6, 6.07) is 15.6. The number of aliphatic hydroxyl groups is 1. The number of amides is 1. The molecule has 0 fully saturated rings. The van der Waals surface area contributed by atoms with E-state index >= 15 is 0 Å². The Morgan fingerprint density at radius 3 is 2.74 bits per heavy atom. The quantitative estimate of drug-likeness (QED) is 0.731. The zero-order valence-electron chi connectivity index (χ0n) is 15.4. The van der Waals surface area contributed by atoms with Crippen molar-refractivity contribution in [2.45, 2.75) is 32.4 Å². The summed E-state index contributed by atoms with van der Waals surface area (Å²) in [5.41, 5.74) is 4.32. The molecular weight excluding hydrogens is 340 g/mol. The van der Waals surface area contributed by atoms with Gasteiger partial charge in [-0.3, -0.25) is 4.79 Å². The SMILES string of the molecule is CCOc1ccc(CC(=O)N2Cc3[nH]c4ccccc4c3CC2CO)cc1. The van der Waals surface area contributed by atoms with Crippen LogP contribution in [0.2, 0.25) is 0 Å². The molecule has 0 aliphatic carbocycles. The number of carbonyl (C=O) groups is 1. The first-order chi connectivity index (χ1) is 13.2. The number of fused-ring (bicyclic) bond motifs is 3. The van der Waals surface area contributed by atoms with Crippen molar-refractivity contribution in [1.82, 2.24) is 9.88 Å². The first-order valence-corrected chi connectivity index (χ1v) is 9.40. The average molecular weight is 364 g/mol. The van der Waals surface area contributed by atoms with E-state index in [2.05, 4.69) is 11.1 Å². The summed E-state index contributed by atoms with van der Waals surface area (Å²) in [5.74, 6) is 0.838. The van der Waals surface area contributed by atoms with Crippen LogP contribution in [-0.2, 0) is 24.2 Å². The molecule has 0 spiro atoms. The van der Waals surface area contributed by atoms with Gasteiger partial charge in [0.25, 0.3) is 0 Å². The van der Waals surface area contributed by atoms with Gasteiger partial charge < -0.3 is 19.7 Å². The number of benzene rings is 2. The highest BCUT2D eigenvalue weighted by Gasteiger charge is 2.31. The lowest BCUT2D eigenvalue weighted by molar-refractivity contribution is -0.135. The van der Waals surface area contributed by atoms with E-state index in [1.807, 2.05) is 49.4 Å². The highest BCUT2D eigenvalue weighted by molar-refractivity contribution is 5.86. The van der Waals surface area contributed by atoms with Gasteiger partial charge in [-0.15, -0.1) is 0 Å². The van der Waals surface area contributed by atoms with E-state index < -0.39 is 0 Å². The van der Waals surface area contributed by atoms with Crippen molar-refractivity contribution < 1.29 is 14.6 Å². The Labute approximate surface area is 158 Å². The number of H-pyrrole nitrogens is 1. The molecule has 2 N–H and O–H groups in total. The molecule has 3 aromatic rings. The van der Waals surface area contributed by atoms with Crippen molar-refractivity contribution in [2.24, 2.45) is 0 Å². The molecule has 0 radical (unpaired) electrons. The second-order valence-corrected chi connectivity index (χ2v) is 6.94. The number of rotatable bonds is 5. The van der Waals surface area contributed by atoms with E-state index in [9.17, 15) is 9.90 Å². The van der Waals surface area contributed by atoms with Crippen molar-refractivity contribution in [3.8, 4) is 5.75 Å². The van der Waals surface area contributed by atoms with Crippen LogP contribution in [0.1, 0.15) is 23.7 Å². The predicted molar refractivity (Wildman–Crippen MR) is 105 cm³/mol. The fourth-order valence-electron chi connectivity index (χ4n) is 3.87. The number of nitrogens with zero attached hydrogens (tertiary/aromatic N) is 1. The maximum Gasteiger partial charge on any atom is 0.227 e. The summed E-state index contributed by atoms with van der Waals surface area (Å²) in [6.07, 6.45) is 0.989. The maximum absolute atomic E-state index is 12.9. The molecule has 4 rings (SSSR count). The van der Waals surface area contributed by atoms with E-state index in [0.29, 0.717) is 26.0 Å². The highest BCUT2D eigenvalue weighted by atomic mass is 16.5.